The van der Waals surface area contributed by atoms with Crippen molar-refractivity contribution < 1.29 is 8.42 Å². The number of nitrogens with zero attached hydrogens (tertiary/aromatic N) is 3. The van der Waals surface area contributed by atoms with Gasteiger partial charge in [0, 0.05) is 35.2 Å². The van der Waals surface area contributed by atoms with Crippen LogP contribution in [-0.4, -0.2) is 34.7 Å². The van der Waals surface area contributed by atoms with Gasteiger partial charge in [-0.1, -0.05) is 38.5 Å². The highest BCUT2D eigenvalue weighted by Crippen LogP contribution is 2.31. The SMILES string of the molecule is CCCCn1nc2c(N)nc3ccccc3c2c1CCS(=O)(=O)CCC. The third kappa shape index (κ3) is 3.67. The number of rotatable bonds is 8. The van der Waals surface area contributed by atoms with E-state index >= 15 is 0 Å². The summed E-state index contributed by atoms with van der Waals surface area (Å²) in [6.45, 7) is 4.76. The third-order valence-electron chi connectivity index (χ3n) is 4.60. The van der Waals surface area contributed by atoms with Gasteiger partial charge in [-0.05, 0) is 18.9 Å². The number of unbranched alkanes of at least 4 members (excludes halogenated alkanes) is 1. The lowest BCUT2D eigenvalue weighted by Crippen LogP contribution is -2.15. The summed E-state index contributed by atoms with van der Waals surface area (Å²) in [6, 6.07) is 7.81. The van der Waals surface area contributed by atoms with E-state index in [2.05, 4.69) is 17.0 Å². The lowest BCUT2D eigenvalue weighted by molar-refractivity contribution is 0.553. The fraction of sp³-hybridized carbons (Fsp3) is 0.474. The van der Waals surface area contributed by atoms with E-state index in [0.29, 0.717) is 24.2 Å². The first-order valence-electron chi connectivity index (χ1n) is 9.21. The zero-order valence-corrected chi connectivity index (χ0v) is 16.2. The lowest BCUT2D eigenvalue weighted by atomic mass is 10.1. The van der Waals surface area contributed by atoms with Crippen molar-refractivity contribution >= 4 is 37.5 Å². The van der Waals surface area contributed by atoms with E-state index in [-0.39, 0.29) is 11.5 Å². The highest BCUT2D eigenvalue weighted by Gasteiger charge is 2.19. The number of benzene rings is 1. The number of anilines is 1. The van der Waals surface area contributed by atoms with Crippen molar-refractivity contribution in [1.29, 1.82) is 0 Å². The minimum Gasteiger partial charge on any atom is -0.382 e. The van der Waals surface area contributed by atoms with Crippen molar-refractivity contribution in [2.24, 2.45) is 0 Å². The Kier molecular flexibility index (Phi) is 5.46. The van der Waals surface area contributed by atoms with Crippen LogP contribution in [0.1, 0.15) is 38.8 Å². The molecule has 0 fully saturated rings. The second-order valence-corrected chi connectivity index (χ2v) is 8.97. The van der Waals surface area contributed by atoms with Crippen LogP contribution < -0.4 is 5.73 Å². The molecule has 1 aromatic carbocycles. The molecule has 0 atom stereocenters. The fourth-order valence-electron chi connectivity index (χ4n) is 3.34. The van der Waals surface area contributed by atoms with Crippen molar-refractivity contribution in [2.45, 2.75) is 46.1 Å². The maximum absolute atomic E-state index is 12.3. The van der Waals surface area contributed by atoms with Crippen molar-refractivity contribution in [3.63, 3.8) is 0 Å². The second kappa shape index (κ2) is 7.61. The summed E-state index contributed by atoms with van der Waals surface area (Å²) >= 11 is 0. The van der Waals surface area contributed by atoms with Crippen LogP contribution in [0.3, 0.4) is 0 Å². The number of nitrogens with two attached hydrogens (primary N) is 1. The van der Waals surface area contributed by atoms with Crippen LogP contribution >= 0.6 is 0 Å². The summed E-state index contributed by atoms with van der Waals surface area (Å²) in [6.07, 6.45) is 3.10. The molecule has 3 aromatic rings. The molecule has 6 nitrogen and oxygen atoms in total. The molecule has 0 saturated heterocycles. The first-order valence-corrected chi connectivity index (χ1v) is 11.0. The summed E-state index contributed by atoms with van der Waals surface area (Å²) in [7, 11) is -3.07. The number of fused-ring (bicyclic) bond motifs is 3. The molecule has 140 valence electrons. The Labute approximate surface area is 154 Å². The Morgan fingerprint density at radius 1 is 1.12 bits per heavy atom. The van der Waals surface area contributed by atoms with E-state index in [1.807, 2.05) is 35.9 Å². The summed E-state index contributed by atoms with van der Waals surface area (Å²) in [5.74, 6) is 0.745. The van der Waals surface area contributed by atoms with Crippen molar-refractivity contribution in [3.05, 3.63) is 30.0 Å². The van der Waals surface area contributed by atoms with Gasteiger partial charge in [-0.25, -0.2) is 13.4 Å². The van der Waals surface area contributed by atoms with Gasteiger partial charge in [-0.15, -0.1) is 0 Å². The van der Waals surface area contributed by atoms with Gasteiger partial charge < -0.3 is 5.73 Å². The minimum atomic E-state index is -3.07. The van der Waals surface area contributed by atoms with E-state index in [9.17, 15) is 8.42 Å². The van der Waals surface area contributed by atoms with E-state index in [4.69, 9.17) is 5.73 Å². The van der Waals surface area contributed by atoms with Crippen LogP contribution in [0, 0.1) is 0 Å². The van der Waals surface area contributed by atoms with Crippen LogP contribution in [0.2, 0.25) is 0 Å². The Morgan fingerprint density at radius 3 is 2.62 bits per heavy atom. The van der Waals surface area contributed by atoms with E-state index in [1.54, 1.807) is 0 Å². The zero-order chi connectivity index (χ0) is 18.7. The summed E-state index contributed by atoms with van der Waals surface area (Å²) in [5.41, 5.74) is 8.58. The number of sulfone groups is 1. The summed E-state index contributed by atoms with van der Waals surface area (Å²) < 4.78 is 26.4. The predicted octanol–water partition coefficient (Wildman–Crippen LogP) is 3.33. The second-order valence-electron chi connectivity index (χ2n) is 6.66. The Hall–Kier alpha value is -2.15. The van der Waals surface area contributed by atoms with Gasteiger partial charge in [0.2, 0.25) is 0 Å². The number of aryl methyl sites for hydroxylation is 2. The molecule has 0 aliphatic heterocycles. The normalized spacial score (nSPS) is 12.2. The quantitative estimate of drug-likeness (QED) is 0.653. The van der Waals surface area contributed by atoms with E-state index < -0.39 is 9.84 Å². The van der Waals surface area contributed by atoms with Gasteiger partial charge in [0.1, 0.15) is 5.52 Å². The molecule has 0 aliphatic rings. The monoisotopic (exact) mass is 374 g/mol. The maximum Gasteiger partial charge on any atom is 0.152 e. The highest BCUT2D eigenvalue weighted by atomic mass is 32.2. The van der Waals surface area contributed by atoms with Gasteiger partial charge in [0.15, 0.2) is 15.7 Å². The molecule has 0 radical (unpaired) electrons. The van der Waals surface area contributed by atoms with Gasteiger partial charge >= 0.3 is 0 Å². The molecular formula is C19H26N4O2S. The third-order valence-corrected chi connectivity index (χ3v) is 6.46. The molecule has 0 unspecified atom stereocenters. The van der Waals surface area contributed by atoms with E-state index in [0.717, 1.165) is 41.4 Å². The van der Waals surface area contributed by atoms with Crippen LogP contribution in [-0.2, 0) is 22.8 Å². The summed E-state index contributed by atoms with van der Waals surface area (Å²) in [4.78, 5) is 4.46. The molecule has 2 N–H and O–H groups in total. The molecule has 3 rings (SSSR count). The van der Waals surface area contributed by atoms with Crippen LogP contribution in [0.25, 0.3) is 21.8 Å². The van der Waals surface area contributed by atoms with Gasteiger partial charge in [-0.2, -0.15) is 5.10 Å². The number of aromatic nitrogens is 3. The van der Waals surface area contributed by atoms with Crippen molar-refractivity contribution in [1.82, 2.24) is 14.8 Å². The molecule has 0 bridgehead atoms. The number of pyridine rings is 1. The molecule has 2 aromatic heterocycles. The average molecular weight is 375 g/mol. The Balaban J connectivity index is 2.16. The Bertz CT molecular complexity index is 1020. The molecule has 0 spiro atoms. The smallest absolute Gasteiger partial charge is 0.152 e. The predicted molar refractivity (Wildman–Crippen MR) is 107 cm³/mol. The standard InChI is InChI=1S/C19H26N4O2S/c1-3-5-11-23-16(10-13-26(24,25)12-4-2)17-14-8-6-7-9-15(14)21-19(20)18(17)22-23/h6-9H,3-5,10-13H2,1-2H3,(H2,20,21). The number of hydrogen-bond acceptors (Lipinski definition) is 5. The average Bonchev–Trinajstić information content (AvgIpc) is 2.98. The maximum atomic E-state index is 12.3. The van der Waals surface area contributed by atoms with Crippen LogP contribution in [0.15, 0.2) is 24.3 Å². The summed E-state index contributed by atoms with van der Waals surface area (Å²) in [5, 5.41) is 6.60. The van der Waals surface area contributed by atoms with Crippen LogP contribution in [0.4, 0.5) is 5.82 Å². The molecule has 26 heavy (non-hydrogen) atoms. The van der Waals surface area contributed by atoms with Gasteiger partial charge in [0.25, 0.3) is 0 Å². The minimum absolute atomic E-state index is 0.129. The van der Waals surface area contributed by atoms with Gasteiger partial charge in [0.05, 0.1) is 11.3 Å². The Morgan fingerprint density at radius 2 is 1.88 bits per heavy atom. The number of para-hydroxylation sites is 1. The molecular weight excluding hydrogens is 348 g/mol. The molecule has 0 amide bonds. The molecule has 0 saturated carbocycles. The molecule has 2 heterocycles. The van der Waals surface area contributed by atoms with Crippen molar-refractivity contribution in [2.75, 3.05) is 17.2 Å². The van der Waals surface area contributed by atoms with Crippen molar-refractivity contribution in [3.8, 4) is 0 Å². The number of hydrogen-bond donors (Lipinski definition) is 1. The highest BCUT2D eigenvalue weighted by molar-refractivity contribution is 7.91. The number of nitrogen functional groups attached to an aromatic ring is 1. The van der Waals surface area contributed by atoms with Crippen LogP contribution in [0.5, 0.6) is 0 Å². The largest absolute Gasteiger partial charge is 0.382 e. The lowest BCUT2D eigenvalue weighted by Gasteiger charge is -2.09. The first-order chi connectivity index (χ1) is 12.5. The molecule has 7 heteroatoms. The topological polar surface area (TPSA) is 90.9 Å². The van der Waals surface area contributed by atoms with E-state index in [1.165, 1.54) is 0 Å². The molecule has 0 aliphatic carbocycles. The zero-order valence-electron chi connectivity index (χ0n) is 15.4. The van der Waals surface area contributed by atoms with Gasteiger partial charge in [-0.3, -0.25) is 4.68 Å². The fourth-order valence-corrected chi connectivity index (χ4v) is 4.67. The first kappa shape index (κ1) is 18.6.